The van der Waals surface area contributed by atoms with Gasteiger partial charge in [0.1, 0.15) is 5.69 Å². The van der Waals surface area contributed by atoms with E-state index in [1.54, 1.807) is 6.07 Å². The number of hydrogen-bond donors (Lipinski definition) is 2. The molecule has 1 fully saturated rings. The topological polar surface area (TPSA) is 92.4 Å². The Kier molecular flexibility index (Phi) is 3.60. The Morgan fingerprint density at radius 3 is 2.95 bits per heavy atom. The van der Waals surface area contributed by atoms with Crippen molar-refractivity contribution in [2.75, 3.05) is 0 Å². The number of carbonyl (C=O) groups is 2. The number of fused-ring (bicyclic) bond motifs is 1. The molecular weight excluding hydrogens is 272 g/mol. The van der Waals surface area contributed by atoms with Crippen LogP contribution >= 0.6 is 0 Å². The lowest BCUT2D eigenvalue weighted by molar-refractivity contribution is -0.142. The van der Waals surface area contributed by atoms with Gasteiger partial charge in [-0.3, -0.25) is 9.59 Å². The summed E-state index contributed by atoms with van der Waals surface area (Å²) in [7, 11) is 0. The third-order valence-corrected chi connectivity index (χ3v) is 3.96. The first-order valence-corrected chi connectivity index (χ1v) is 7.00. The van der Waals surface area contributed by atoms with E-state index in [1.807, 2.05) is 18.2 Å². The zero-order valence-corrected chi connectivity index (χ0v) is 11.4. The quantitative estimate of drug-likeness (QED) is 0.894. The second-order valence-electron chi connectivity index (χ2n) is 5.35. The molecule has 3 rings (SSSR count). The second kappa shape index (κ2) is 5.55. The van der Waals surface area contributed by atoms with E-state index in [0.29, 0.717) is 24.1 Å². The Morgan fingerprint density at radius 1 is 1.33 bits per heavy atom. The molecule has 6 heteroatoms. The fraction of sp³-hybridized carbons (Fsp3) is 0.400. The molecule has 1 aliphatic rings. The van der Waals surface area contributed by atoms with Gasteiger partial charge in [0.05, 0.1) is 12.3 Å². The molecule has 1 amide bonds. The van der Waals surface area contributed by atoms with E-state index in [9.17, 15) is 9.59 Å². The summed E-state index contributed by atoms with van der Waals surface area (Å²) in [6.07, 6.45) is 2.25. The predicted octanol–water partition coefficient (Wildman–Crippen LogP) is 1.74. The molecule has 2 atom stereocenters. The average molecular weight is 288 g/mol. The summed E-state index contributed by atoms with van der Waals surface area (Å²) in [5, 5.41) is 16.7. The largest absolute Gasteiger partial charge is 0.481 e. The summed E-state index contributed by atoms with van der Waals surface area (Å²) in [6, 6.07) is 7.06. The lowest BCUT2D eigenvalue weighted by atomic mass is 10.0. The zero-order chi connectivity index (χ0) is 14.8. The van der Waals surface area contributed by atoms with E-state index >= 15 is 0 Å². The summed E-state index contributed by atoms with van der Waals surface area (Å²) < 4.78 is 5.16. The number of rotatable bonds is 4. The minimum absolute atomic E-state index is 0.0971. The van der Waals surface area contributed by atoms with Crippen LogP contribution in [0.1, 0.15) is 25.0 Å². The highest BCUT2D eigenvalue weighted by molar-refractivity contribution is 5.86. The maximum Gasteiger partial charge on any atom is 0.308 e. The molecule has 1 aliphatic carbocycles. The van der Waals surface area contributed by atoms with E-state index in [0.717, 1.165) is 11.8 Å². The summed E-state index contributed by atoms with van der Waals surface area (Å²) in [5.41, 5.74) is 1.22. The van der Waals surface area contributed by atoms with Crippen LogP contribution in [0.2, 0.25) is 0 Å². The standard InChI is InChI=1S/C15H16N2O4/c18-14(16-11-6-3-5-10(11)15(19)20)8-12-9-4-1-2-7-13(9)21-17-12/h1-2,4,7,10-11H,3,5-6,8H2,(H,16,18)(H,19,20). The lowest BCUT2D eigenvalue weighted by Crippen LogP contribution is -2.40. The van der Waals surface area contributed by atoms with Crippen LogP contribution in [0.15, 0.2) is 28.8 Å². The number of para-hydroxylation sites is 1. The van der Waals surface area contributed by atoms with Crippen LogP contribution in [-0.2, 0) is 16.0 Å². The van der Waals surface area contributed by atoms with Gasteiger partial charge in [-0.25, -0.2) is 0 Å². The van der Waals surface area contributed by atoms with Gasteiger partial charge in [0.2, 0.25) is 5.91 Å². The zero-order valence-electron chi connectivity index (χ0n) is 11.4. The van der Waals surface area contributed by atoms with Crippen LogP contribution in [-0.4, -0.2) is 28.2 Å². The molecule has 0 radical (unpaired) electrons. The Morgan fingerprint density at radius 2 is 2.14 bits per heavy atom. The summed E-state index contributed by atoms with van der Waals surface area (Å²) in [6.45, 7) is 0. The number of carboxylic acids is 1. The molecule has 1 heterocycles. The molecule has 110 valence electrons. The average Bonchev–Trinajstić information content (AvgIpc) is 3.06. The van der Waals surface area contributed by atoms with E-state index in [1.165, 1.54) is 0 Å². The molecule has 1 aromatic carbocycles. The number of amides is 1. The third kappa shape index (κ3) is 2.74. The smallest absolute Gasteiger partial charge is 0.308 e. The fourth-order valence-electron chi connectivity index (χ4n) is 2.90. The van der Waals surface area contributed by atoms with E-state index in [4.69, 9.17) is 9.63 Å². The predicted molar refractivity (Wildman–Crippen MR) is 74.6 cm³/mol. The van der Waals surface area contributed by atoms with E-state index in [-0.39, 0.29) is 18.4 Å². The van der Waals surface area contributed by atoms with Crippen molar-refractivity contribution in [3.05, 3.63) is 30.0 Å². The number of carboxylic acid groups (broad SMARTS) is 1. The van der Waals surface area contributed by atoms with Crippen LogP contribution in [0.5, 0.6) is 0 Å². The van der Waals surface area contributed by atoms with Gasteiger partial charge in [-0.05, 0) is 25.0 Å². The third-order valence-electron chi connectivity index (χ3n) is 3.96. The van der Waals surface area contributed by atoms with Gasteiger partial charge in [-0.15, -0.1) is 0 Å². The second-order valence-corrected chi connectivity index (χ2v) is 5.35. The molecule has 1 saturated carbocycles. The minimum Gasteiger partial charge on any atom is -0.481 e. The van der Waals surface area contributed by atoms with Crippen LogP contribution in [0.3, 0.4) is 0 Å². The summed E-state index contributed by atoms with van der Waals surface area (Å²) in [4.78, 5) is 23.2. The Hall–Kier alpha value is -2.37. The van der Waals surface area contributed by atoms with Crippen LogP contribution in [0.25, 0.3) is 11.0 Å². The van der Waals surface area contributed by atoms with Crippen molar-refractivity contribution in [3.63, 3.8) is 0 Å². The maximum atomic E-state index is 12.1. The minimum atomic E-state index is -0.843. The Balaban J connectivity index is 1.68. The monoisotopic (exact) mass is 288 g/mol. The van der Waals surface area contributed by atoms with Crippen LogP contribution < -0.4 is 5.32 Å². The van der Waals surface area contributed by atoms with Crippen molar-refractivity contribution >= 4 is 22.8 Å². The van der Waals surface area contributed by atoms with Crippen molar-refractivity contribution in [2.45, 2.75) is 31.7 Å². The number of nitrogens with zero attached hydrogens (tertiary/aromatic N) is 1. The first-order valence-electron chi connectivity index (χ1n) is 7.00. The molecular formula is C15H16N2O4. The number of nitrogens with one attached hydrogen (secondary N) is 1. The molecule has 21 heavy (non-hydrogen) atoms. The van der Waals surface area contributed by atoms with Gasteiger partial charge in [0, 0.05) is 11.4 Å². The molecule has 0 spiro atoms. The summed E-state index contributed by atoms with van der Waals surface area (Å²) >= 11 is 0. The number of hydrogen-bond acceptors (Lipinski definition) is 4. The van der Waals surface area contributed by atoms with Crippen molar-refractivity contribution in [2.24, 2.45) is 5.92 Å². The maximum absolute atomic E-state index is 12.1. The summed E-state index contributed by atoms with van der Waals surface area (Å²) in [5.74, 6) is -1.54. The molecule has 0 bridgehead atoms. The molecule has 2 aromatic rings. The molecule has 2 N–H and O–H groups in total. The van der Waals surface area contributed by atoms with Gasteiger partial charge >= 0.3 is 5.97 Å². The van der Waals surface area contributed by atoms with Crippen molar-refractivity contribution in [1.82, 2.24) is 10.5 Å². The van der Waals surface area contributed by atoms with E-state index in [2.05, 4.69) is 10.5 Å². The molecule has 6 nitrogen and oxygen atoms in total. The first kappa shape index (κ1) is 13.6. The van der Waals surface area contributed by atoms with Gasteiger partial charge in [-0.1, -0.05) is 23.7 Å². The van der Waals surface area contributed by atoms with Gasteiger partial charge in [0.15, 0.2) is 5.58 Å². The fourth-order valence-corrected chi connectivity index (χ4v) is 2.90. The van der Waals surface area contributed by atoms with Gasteiger partial charge in [-0.2, -0.15) is 0 Å². The molecule has 2 unspecified atom stereocenters. The molecule has 1 aromatic heterocycles. The Bertz CT molecular complexity index is 679. The highest BCUT2D eigenvalue weighted by Crippen LogP contribution is 2.26. The number of aromatic nitrogens is 1. The highest BCUT2D eigenvalue weighted by Gasteiger charge is 2.33. The normalized spacial score (nSPS) is 21.5. The highest BCUT2D eigenvalue weighted by atomic mass is 16.5. The van der Waals surface area contributed by atoms with Gasteiger partial charge in [0.25, 0.3) is 0 Å². The van der Waals surface area contributed by atoms with Crippen molar-refractivity contribution < 1.29 is 19.2 Å². The Labute approximate surface area is 121 Å². The number of aliphatic carboxylic acids is 1. The lowest BCUT2D eigenvalue weighted by Gasteiger charge is -2.17. The van der Waals surface area contributed by atoms with Crippen molar-refractivity contribution in [3.8, 4) is 0 Å². The van der Waals surface area contributed by atoms with Crippen LogP contribution in [0.4, 0.5) is 0 Å². The van der Waals surface area contributed by atoms with E-state index < -0.39 is 11.9 Å². The van der Waals surface area contributed by atoms with Crippen molar-refractivity contribution in [1.29, 1.82) is 0 Å². The molecule has 0 saturated heterocycles. The molecule has 0 aliphatic heterocycles. The number of benzene rings is 1. The van der Waals surface area contributed by atoms with Crippen LogP contribution in [0, 0.1) is 5.92 Å². The SMILES string of the molecule is O=C(Cc1noc2ccccc12)NC1CCCC1C(=O)O. The number of carbonyl (C=O) groups excluding carboxylic acids is 1. The first-order chi connectivity index (χ1) is 10.1. The van der Waals surface area contributed by atoms with Gasteiger partial charge < -0.3 is 14.9 Å².